The third-order valence-electron chi connectivity index (χ3n) is 14.9. The molecule has 0 aliphatic heterocycles. The van der Waals surface area contributed by atoms with Crippen molar-refractivity contribution in [2.45, 2.75) is 5.41 Å². The molecular formula is C69H45NS. The van der Waals surface area contributed by atoms with Crippen LogP contribution in [0.5, 0.6) is 0 Å². The highest BCUT2D eigenvalue weighted by molar-refractivity contribution is 7.27. The van der Waals surface area contributed by atoms with E-state index in [2.05, 4.69) is 278 Å². The second-order valence-corrected chi connectivity index (χ2v) is 19.7. The van der Waals surface area contributed by atoms with E-state index in [-0.39, 0.29) is 0 Å². The van der Waals surface area contributed by atoms with Crippen LogP contribution >= 0.6 is 11.3 Å². The number of hydrogen-bond acceptors (Lipinski definition) is 2. The summed E-state index contributed by atoms with van der Waals surface area (Å²) in [6.45, 7) is 0. The molecule has 1 aliphatic carbocycles. The average molecular weight is 920 g/mol. The van der Waals surface area contributed by atoms with Crippen molar-refractivity contribution in [2.24, 2.45) is 0 Å². The van der Waals surface area contributed by atoms with Crippen molar-refractivity contribution in [3.8, 4) is 44.5 Å². The number of fused-ring (bicyclic) bond motifs is 9. The number of hydrogen-bond donors (Lipinski definition) is 0. The Bertz CT molecular complexity index is 4110. The Kier molecular flexibility index (Phi) is 9.69. The molecule has 0 bridgehead atoms. The second kappa shape index (κ2) is 16.7. The molecule has 0 saturated carbocycles. The van der Waals surface area contributed by atoms with E-state index in [9.17, 15) is 0 Å². The van der Waals surface area contributed by atoms with Gasteiger partial charge in [-0.05, 0) is 114 Å². The Balaban J connectivity index is 1.07. The lowest BCUT2D eigenvalue weighted by atomic mass is 9.67. The van der Waals surface area contributed by atoms with Gasteiger partial charge in [-0.3, -0.25) is 0 Å². The van der Waals surface area contributed by atoms with Gasteiger partial charge in [0.15, 0.2) is 0 Å². The fourth-order valence-electron chi connectivity index (χ4n) is 11.8. The van der Waals surface area contributed by atoms with Crippen molar-refractivity contribution in [1.82, 2.24) is 0 Å². The summed E-state index contributed by atoms with van der Waals surface area (Å²) in [6.07, 6.45) is 0. The summed E-state index contributed by atoms with van der Waals surface area (Å²) in [4.78, 5) is 2.52. The van der Waals surface area contributed by atoms with Crippen LogP contribution in [-0.4, -0.2) is 0 Å². The largest absolute Gasteiger partial charge is 0.310 e. The normalized spacial score (nSPS) is 12.6. The van der Waals surface area contributed by atoms with Gasteiger partial charge in [-0.25, -0.2) is 0 Å². The first-order valence-electron chi connectivity index (χ1n) is 24.5. The maximum atomic E-state index is 2.52. The number of benzene rings is 12. The van der Waals surface area contributed by atoms with Gasteiger partial charge in [0.25, 0.3) is 0 Å². The molecule has 1 heterocycles. The fourth-order valence-corrected chi connectivity index (χ4v) is 13.1. The molecule has 0 atom stereocenters. The number of nitrogens with zero attached hydrogens (tertiary/aromatic N) is 1. The molecule has 332 valence electrons. The van der Waals surface area contributed by atoms with Crippen LogP contribution in [0.2, 0.25) is 0 Å². The molecule has 0 amide bonds. The summed E-state index contributed by atoms with van der Waals surface area (Å²) in [7, 11) is 0. The fraction of sp³-hybridized carbons (Fsp3) is 0.0145. The summed E-state index contributed by atoms with van der Waals surface area (Å²) in [5, 5.41) is 7.58. The highest BCUT2D eigenvalue weighted by atomic mass is 32.1. The summed E-state index contributed by atoms with van der Waals surface area (Å²) in [6, 6.07) is 101. The van der Waals surface area contributed by atoms with Gasteiger partial charge in [-0.2, -0.15) is 0 Å². The molecule has 12 aromatic carbocycles. The first-order valence-corrected chi connectivity index (χ1v) is 25.3. The van der Waals surface area contributed by atoms with Crippen molar-refractivity contribution in [3.05, 3.63) is 295 Å². The van der Waals surface area contributed by atoms with Crippen molar-refractivity contribution in [2.75, 3.05) is 4.90 Å². The quantitative estimate of drug-likeness (QED) is 0.147. The van der Waals surface area contributed by atoms with Crippen LogP contribution in [0.15, 0.2) is 273 Å². The molecule has 71 heavy (non-hydrogen) atoms. The zero-order valence-corrected chi connectivity index (χ0v) is 39.7. The Morgan fingerprint density at radius 1 is 0.296 bits per heavy atom. The molecule has 0 radical (unpaired) electrons. The lowest BCUT2D eigenvalue weighted by Gasteiger charge is -2.35. The van der Waals surface area contributed by atoms with Gasteiger partial charge in [0.2, 0.25) is 0 Å². The van der Waals surface area contributed by atoms with Crippen LogP contribution in [0.25, 0.3) is 86.2 Å². The van der Waals surface area contributed by atoms with Crippen LogP contribution in [0.4, 0.5) is 17.1 Å². The van der Waals surface area contributed by atoms with Gasteiger partial charge in [-0.1, -0.05) is 237 Å². The zero-order valence-electron chi connectivity index (χ0n) is 38.8. The van der Waals surface area contributed by atoms with Crippen LogP contribution in [-0.2, 0) is 5.41 Å². The van der Waals surface area contributed by atoms with E-state index >= 15 is 0 Å². The summed E-state index contributed by atoms with van der Waals surface area (Å²) < 4.78 is 2.62. The van der Waals surface area contributed by atoms with Crippen molar-refractivity contribution < 1.29 is 0 Å². The van der Waals surface area contributed by atoms with E-state index in [1.807, 2.05) is 11.3 Å². The second-order valence-electron chi connectivity index (χ2n) is 18.7. The summed E-state index contributed by atoms with van der Waals surface area (Å²) in [5.74, 6) is 0. The minimum Gasteiger partial charge on any atom is -0.310 e. The zero-order chi connectivity index (χ0) is 46.9. The molecular weight excluding hydrogens is 875 g/mol. The molecule has 1 aromatic heterocycles. The van der Waals surface area contributed by atoms with E-state index < -0.39 is 5.41 Å². The summed E-state index contributed by atoms with van der Waals surface area (Å²) >= 11 is 1.92. The number of thiophene rings is 1. The van der Waals surface area contributed by atoms with Crippen molar-refractivity contribution in [3.63, 3.8) is 0 Å². The van der Waals surface area contributed by atoms with E-state index in [0.717, 1.165) is 17.1 Å². The van der Waals surface area contributed by atoms with Gasteiger partial charge in [0, 0.05) is 42.7 Å². The van der Waals surface area contributed by atoms with E-state index in [4.69, 9.17) is 0 Å². The molecule has 14 rings (SSSR count). The maximum Gasteiger partial charge on any atom is 0.0714 e. The van der Waals surface area contributed by atoms with Crippen molar-refractivity contribution >= 4 is 70.1 Å². The Morgan fingerprint density at radius 2 is 0.845 bits per heavy atom. The first-order chi connectivity index (χ1) is 35.2. The Labute approximate surface area is 417 Å². The Morgan fingerprint density at radius 3 is 1.63 bits per heavy atom. The van der Waals surface area contributed by atoms with E-state index in [1.54, 1.807) is 0 Å². The minimum atomic E-state index is -0.558. The van der Waals surface area contributed by atoms with Gasteiger partial charge < -0.3 is 4.90 Å². The van der Waals surface area contributed by atoms with E-state index in [1.165, 1.54) is 108 Å². The van der Waals surface area contributed by atoms with Crippen LogP contribution in [0.1, 0.15) is 22.3 Å². The molecule has 1 aliphatic rings. The SMILES string of the molecule is c1ccc(-c2ccc(N(c3ccc4c(c3)C(c3ccccc3)(c3ccccc3)c3ccccc3-4)c3cccc(-c4cccc5c4sc4c6ccccc6ccc54)c3-c3ccc4ccccc4c3)cc2)cc1. The molecule has 1 nitrogen and oxygen atoms in total. The molecule has 0 N–H and O–H groups in total. The van der Waals surface area contributed by atoms with Crippen LogP contribution < -0.4 is 4.90 Å². The maximum absolute atomic E-state index is 2.52. The predicted octanol–water partition coefficient (Wildman–Crippen LogP) is 19.2. The predicted molar refractivity (Wildman–Crippen MR) is 303 cm³/mol. The highest BCUT2D eigenvalue weighted by Crippen LogP contribution is 2.58. The summed E-state index contributed by atoms with van der Waals surface area (Å²) in [5.41, 5.74) is 17.4. The molecule has 0 unspecified atom stereocenters. The lowest BCUT2D eigenvalue weighted by molar-refractivity contribution is 0.768. The number of anilines is 3. The lowest BCUT2D eigenvalue weighted by Crippen LogP contribution is -2.28. The standard InChI is InChI=1S/C69H45NS/c1-4-18-46(19-5-1)48-36-39-54(40-37-48)70(55-41-43-58-57-28-14-15-32-63(57)69(64(58)45-55,52-23-6-2-7-24-52)53-25-8-3-9-26-53)65-33-17-29-59(66(65)51-35-34-47-20-10-11-22-50(47)44-51)60-30-16-31-61-62-42-38-49-21-12-13-27-56(49)67(62)71-68(60)61/h1-45H. The van der Waals surface area contributed by atoms with Crippen LogP contribution in [0, 0.1) is 0 Å². The number of rotatable bonds is 8. The van der Waals surface area contributed by atoms with Gasteiger partial charge >= 0.3 is 0 Å². The highest BCUT2D eigenvalue weighted by Gasteiger charge is 2.46. The third kappa shape index (κ3) is 6.53. The minimum absolute atomic E-state index is 0.558. The smallest absolute Gasteiger partial charge is 0.0714 e. The van der Waals surface area contributed by atoms with E-state index in [0.29, 0.717) is 0 Å². The van der Waals surface area contributed by atoms with Crippen molar-refractivity contribution in [1.29, 1.82) is 0 Å². The monoisotopic (exact) mass is 919 g/mol. The molecule has 2 heteroatoms. The van der Waals surface area contributed by atoms with Crippen LogP contribution in [0.3, 0.4) is 0 Å². The first kappa shape index (κ1) is 41.2. The topological polar surface area (TPSA) is 3.24 Å². The molecule has 0 spiro atoms. The molecule has 0 fully saturated rings. The van der Waals surface area contributed by atoms with Gasteiger partial charge in [-0.15, -0.1) is 11.3 Å². The third-order valence-corrected chi connectivity index (χ3v) is 16.2. The molecule has 13 aromatic rings. The Hall–Kier alpha value is -8.82. The van der Waals surface area contributed by atoms with Gasteiger partial charge in [0.1, 0.15) is 0 Å². The van der Waals surface area contributed by atoms with Gasteiger partial charge in [0.05, 0.1) is 11.1 Å². The average Bonchev–Trinajstić information content (AvgIpc) is 3.98. The molecule has 0 saturated heterocycles.